The van der Waals surface area contributed by atoms with Crippen LogP contribution in [0.15, 0.2) is 53.7 Å². The first-order valence-electron chi connectivity index (χ1n) is 10.4. The molecule has 1 saturated heterocycles. The van der Waals surface area contributed by atoms with Crippen molar-refractivity contribution in [2.45, 2.75) is 11.7 Å². The molecular weight excluding hydrogens is 430 g/mol. The maximum Gasteiger partial charge on any atom is 0.234 e. The molecule has 32 heavy (non-hydrogen) atoms. The van der Waals surface area contributed by atoms with Gasteiger partial charge in [-0.15, -0.1) is 10.2 Å². The van der Waals surface area contributed by atoms with Gasteiger partial charge in [-0.25, -0.2) is 0 Å². The van der Waals surface area contributed by atoms with Gasteiger partial charge >= 0.3 is 0 Å². The summed E-state index contributed by atoms with van der Waals surface area (Å²) >= 11 is 1.37. The zero-order valence-electron chi connectivity index (χ0n) is 17.4. The van der Waals surface area contributed by atoms with E-state index in [0.717, 1.165) is 24.6 Å². The van der Waals surface area contributed by atoms with Crippen LogP contribution in [0.4, 0.5) is 11.6 Å². The SMILES string of the molecule is O=C(CSc1nnc(N2CCOCC2)n1Cc1ccccc1)Nc1ccc2c(c1)OCO2. The van der Waals surface area contributed by atoms with E-state index >= 15 is 0 Å². The lowest BCUT2D eigenvalue weighted by molar-refractivity contribution is -0.113. The monoisotopic (exact) mass is 453 g/mol. The topological polar surface area (TPSA) is 90.7 Å². The highest BCUT2D eigenvalue weighted by Gasteiger charge is 2.22. The Kier molecular flexibility index (Phi) is 6.13. The second-order valence-corrected chi connectivity index (χ2v) is 8.30. The van der Waals surface area contributed by atoms with Crippen molar-refractivity contribution in [1.82, 2.24) is 14.8 Å². The van der Waals surface area contributed by atoms with Crippen LogP contribution in [0.5, 0.6) is 11.5 Å². The molecule has 0 spiro atoms. The van der Waals surface area contributed by atoms with Crippen LogP contribution in [-0.2, 0) is 16.1 Å². The summed E-state index contributed by atoms with van der Waals surface area (Å²) in [6, 6.07) is 15.5. The number of morpholine rings is 1. The summed E-state index contributed by atoms with van der Waals surface area (Å²) in [6.45, 7) is 3.69. The van der Waals surface area contributed by atoms with Gasteiger partial charge in [0.1, 0.15) is 0 Å². The molecule has 2 aliphatic heterocycles. The average Bonchev–Trinajstić information content (AvgIpc) is 3.45. The van der Waals surface area contributed by atoms with E-state index in [4.69, 9.17) is 14.2 Å². The molecule has 0 unspecified atom stereocenters. The highest BCUT2D eigenvalue weighted by atomic mass is 32.2. The molecule has 3 aromatic rings. The molecule has 0 atom stereocenters. The molecule has 2 aromatic carbocycles. The number of rotatable bonds is 7. The van der Waals surface area contributed by atoms with Gasteiger partial charge in [-0.1, -0.05) is 42.1 Å². The fraction of sp³-hybridized carbons (Fsp3) is 0.318. The highest BCUT2D eigenvalue weighted by Crippen LogP contribution is 2.34. The number of benzene rings is 2. The Hall–Kier alpha value is -3.24. The van der Waals surface area contributed by atoms with Crippen LogP contribution >= 0.6 is 11.8 Å². The molecule has 5 rings (SSSR count). The summed E-state index contributed by atoms with van der Waals surface area (Å²) in [5.41, 5.74) is 1.81. The molecule has 1 fully saturated rings. The summed E-state index contributed by atoms with van der Waals surface area (Å²) < 4.78 is 18.2. The van der Waals surface area contributed by atoms with E-state index in [1.807, 2.05) is 18.2 Å². The quantitative estimate of drug-likeness (QED) is 0.546. The Morgan fingerprint density at radius 2 is 1.84 bits per heavy atom. The van der Waals surface area contributed by atoms with Crippen LogP contribution in [0.1, 0.15) is 5.56 Å². The van der Waals surface area contributed by atoms with Crippen LogP contribution in [0.25, 0.3) is 0 Å². The van der Waals surface area contributed by atoms with Crippen LogP contribution < -0.4 is 19.7 Å². The van der Waals surface area contributed by atoms with Gasteiger partial charge in [0.05, 0.1) is 25.5 Å². The smallest absolute Gasteiger partial charge is 0.234 e. The normalized spacial score (nSPS) is 15.1. The van der Waals surface area contributed by atoms with E-state index in [-0.39, 0.29) is 18.5 Å². The Balaban J connectivity index is 1.29. The average molecular weight is 454 g/mol. The Morgan fingerprint density at radius 3 is 2.69 bits per heavy atom. The number of fused-ring (bicyclic) bond motifs is 1. The number of hydrogen-bond acceptors (Lipinski definition) is 8. The molecule has 1 N–H and O–H groups in total. The Labute approximate surface area is 189 Å². The van der Waals surface area contributed by atoms with E-state index in [0.29, 0.717) is 42.1 Å². The number of thioether (sulfide) groups is 1. The standard InChI is InChI=1S/C22H23N5O4S/c28-20(23-17-6-7-18-19(12-17)31-15-30-18)14-32-22-25-24-21(26-8-10-29-11-9-26)27(22)13-16-4-2-1-3-5-16/h1-7,12H,8-11,13-15H2,(H,23,28). The number of amides is 1. The molecule has 9 nitrogen and oxygen atoms in total. The predicted molar refractivity (Wildman–Crippen MR) is 121 cm³/mol. The summed E-state index contributed by atoms with van der Waals surface area (Å²) in [4.78, 5) is 14.8. The van der Waals surface area contributed by atoms with Gasteiger partial charge in [0.15, 0.2) is 16.7 Å². The van der Waals surface area contributed by atoms with Crippen LogP contribution in [0.2, 0.25) is 0 Å². The molecule has 166 valence electrons. The minimum Gasteiger partial charge on any atom is -0.454 e. The number of aromatic nitrogens is 3. The van der Waals surface area contributed by atoms with Crippen LogP contribution in [0, 0.1) is 0 Å². The summed E-state index contributed by atoms with van der Waals surface area (Å²) in [5.74, 6) is 2.20. The van der Waals surface area contributed by atoms with E-state index < -0.39 is 0 Å². The molecule has 0 bridgehead atoms. The van der Waals surface area contributed by atoms with Gasteiger partial charge in [0.2, 0.25) is 18.6 Å². The van der Waals surface area contributed by atoms with E-state index in [1.165, 1.54) is 11.8 Å². The molecule has 10 heteroatoms. The molecule has 1 amide bonds. The van der Waals surface area contributed by atoms with Crippen molar-refractivity contribution in [1.29, 1.82) is 0 Å². The maximum atomic E-state index is 12.6. The predicted octanol–water partition coefficient (Wildman–Crippen LogP) is 2.62. The van der Waals surface area contributed by atoms with Gasteiger partial charge in [-0.2, -0.15) is 0 Å². The maximum absolute atomic E-state index is 12.6. The number of hydrogen-bond donors (Lipinski definition) is 1. The second kappa shape index (κ2) is 9.49. The lowest BCUT2D eigenvalue weighted by Crippen LogP contribution is -2.38. The van der Waals surface area contributed by atoms with Gasteiger partial charge in [0.25, 0.3) is 0 Å². The first kappa shape index (κ1) is 20.7. The minimum atomic E-state index is -0.129. The lowest BCUT2D eigenvalue weighted by Gasteiger charge is -2.28. The molecule has 0 aliphatic carbocycles. The second-order valence-electron chi connectivity index (χ2n) is 7.36. The van der Waals surface area contributed by atoms with Crippen LogP contribution in [-0.4, -0.2) is 59.5 Å². The zero-order chi connectivity index (χ0) is 21.8. The Morgan fingerprint density at radius 1 is 1.03 bits per heavy atom. The van der Waals surface area contributed by atoms with Crippen molar-refractivity contribution in [2.75, 3.05) is 49.1 Å². The van der Waals surface area contributed by atoms with Gasteiger partial charge in [0, 0.05) is 24.8 Å². The van der Waals surface area contributed by atoms with E-state index in [1.54, 1.807) is 18.2 Å². The number of carbonyl (C=O) groups excluding carboxylic acids is 1. The van der Waals surface area contributed by atoms with Crippen molar-refractivity contribution < 1.29 is 19.0 Å². The largest absolute Gasteiger partial charge is 0.454 e. The molecule has 2 aliphatic rings. The van der Waals surface area contributed by atoms with Crippen molar-refractivity contribution >= 4 is 29.3 Å². The van der Waals surface area contributed by atoms with Crippen molar-refractivity contribution in [3.05, 3.63) is 54.1 Å². The third kappa shape index (κ3) is 4.66. The third-order valence-corrected chi connectivity index (χ3v) is 6.13. The van der Waals surface area contributed by atoms with Crippen LogP contribution in [0.3, 0.4) is 0 Å². The zero-order valence-corrected chi connectivity index (χ0v) is 18.2. The first-order chi connectivity index (χ1) is 15.8. The van der Waals surface area contributed by atoms with Crippen molar-refractivity contribution in [2.24, 2.45) is 0 Å². The number of ether oxygens (including phenoxy) is 3. The Bertz CT molecular complexity index is 1090. The third-order valence-electron chi connectivity index (χ3n) is 5.16. The number of nitrogens with one attached hydrogen (secondary N) is 1. The number of anilines is 2. The highest BCUT2D eigenvalue weighted by molar-refractivity contribution is 7.99. The fourth-order valence-electron chi connectivity index (χ4n) is 3.59. The molecule has 0 saturated carbocycles. The minimum absolute atomic E-state index is 0.129. The number of nitrogens with zero attached hydrogens (tertiary/aromatic N) is 4. The fourth-order valence-corrected chi connectivity index (χ4v) is 4.32. The van der Waals surface area contributed by atoms with Gasteiger partial charge in [-0.05, 0) is 17.7 Å². The van der Waals surface area contributed by atoms with Gasteiger partial charge in [-0.3, -0.25) is 9.36 Å². The summed E-state index contributed by atoms with van der Waals surface area (Å²) in [7, 11) is 0. The number of carbonyl (C=O) groups is 1. The molecular formula is C22H23N5O4S. The van der Waals surface area contributed by atoms with E-state index in [9.17, 15) is 4.79 Å². The van der Waals surface area contributed by atoms with E-state index in [2.05, 4.69) is 37.1 Å². The summed E-state index contributed by atoms with van der Waals surface area (Å²) in [6.07, 6.45) is 0. The van der Waals surface area contributed by atoms with Crippen molar-refractivity contribution in [3.63, 3.8) is 0 Å². The first-order valence-corrected chi connectivity index (χ1v) is 11.4. The molecule has 3 heterocycles. The van der Waals surface area contributed by atoms with Crippen molar-refractivity contribution in [3.8, 4) is 11.5 Å². The molecule has 0 radical (unpaired) electrons. The lowest BCUT2D eigenvalue weighted by atomic mass is 10.2. The molecule has 1 aromatic heterocycles. The summed E-state index contributed by atoms with van der Waals surface area (Å²) in [5, 5.41) is 12.4. The van der Waals surface area contributed by atoms with Gasteiger partial charge < -0.3 is 24.4 Å².